The predicted octanol–water partition coefficient (Wildman–Crippen LogP) is 2.20. The SMILES string of the molecule is Cc1nn(CC(=O)NCc2ccc3cc[nH]c3c2)c(=O)n1Cc1ccccc1. The summed E-state index contributed by atoms with van der Waals surface area (Å²) in [6, 6.07) is 17.7. The fourth-order valence-corrected chi connectivity index (χ4v) is 3.20. The number of nitrogens with one attached hydrogen (secondary N) is 2. The third-order valence-corrected chi connectivity index (χ3v) is 4.69. The van der Waals surface area contributed by atoms with E-state index >= 15 is 0 Å². The van der Waals surface area contributed by atoms with Crippen LogP contribution < -0.4 is 11.0 Å². The maximum atomic E-state index is 12.6. The quantitative estimate of drug-likeness (QED) is 0.542. The summed E-state index contributed by atoms with van der Waals surface area (Å²) in [7, 11) is 0. The number of H-pyrrole nitrogens is 1. The van der Waals surface area contributed by atoms with Gasteiger partial charge in [0.25, 0.3) is 0 Å². The van der Waals surface area contributed by atoms with Gasteiger partial charge in [-0.3, -0.25) is 9.36 Å². The highest BCUT2D eigenvalue weighted by Crippen LogP contribution is 2.13. The Labute approximate surface area is 161 Å². The zero-order valence-corrected chi connectivity index (χ0v) is 15.6. The van der Waals surface area contributed by atoms with Gasteiger partial charge in [-0.1, -0.05) is 42.5 Å². The topological polar surface area (TPSA) is 84.7 Å². The van der Waals surface area contributed by atoms with E-state index in [2.05, 4.69) is 15.4 Å². The number of nitrogens with zero attached hydrogens (tertiary/aromatic N) is 3. The van der Waals surface area contributed by atoms with E-state index in [0.29, 0.717) is 18.9 Å². The van der Waals surface area contributed by atoms with Gasteiger partial charge in [0, 0.05) is 18.3 Å². The summed E-state index contributed by atoms with van der Waals surface area (Å²) in [6.45, 7) is 2.49. The Hall–Kier alpha value is -3.61. The maximum absolute atomic E-state index is 12.6. The highest BCUT2D eigenvalue weighted by atomic mass is 16.2. The first-order valence-electron chi connectivity index (χ1n) is 9.11. The average Bonchev–Trinajstić information content (AvgIpc) is 3.27. The molecule has 2 aromatic carbocycles. The van der Waals surface area contributed by atoms with Crippen molar-refractivity contribution in [3.05, 3.63) is 88.2 Å². The first kappa shape index (κ1) is 17.8. The Morgan fingerprint density at radius 1 is 1.11 bits per heavy atom. The number of rotatable bonds is 6. The second-order valence-corrected chi connectivity index (χ2v) is 6.74. The van der Waals surface area contributed by atoms with Crippen LogP contribution in [0.5, 0.6) is 0 Å². The Balaban J connectivity index is 1.41. The van der Waals surface area contributed by atoms with E-state index in [9.17, 15) is 9.59 Å². The number of aromatic amines is 1. The molecule has 1 amide bonds. The largest absolute Gasteiger partial charge is 0.361 e. The van der Waals surface area contributed by atoms with Crippen molar-refractivity contribution in [2.45, 2.75) is 26.6 Å². The van der Waals surface area contributed by atoms with Gasteiger partial charge in [-0.25, -0.2) is 9.48 Å². The minimum absolute atomic E-state index is 0.105. The van der Waals surface area contributed by atoms with Crippen LogP contribution in [0.15, 0.2) is 65.6 Å². The second kappa shape index (κ2) is 7.56. The summed E-state index contributed by atoms with van der Waals surface area (Å²) in [4.78, 5) is 28.1. The van der Waals surface area contributed by atoms with E-state index in [1.807, 2.05) is 60.8 Å². The molecule has 0 fully saturated rings. The van der Waals surface area contributed by atoms with Crippen molar-refractivity contribution >= 4 is 16.8 Å². The zero-order chi connectivity index (χ0) is 19.5. The lowest BCUT2D eigenvalue weighted by Crippen LogP contribution is -2.33. The zero-order valence-electron chi connectivity index (χ0n) is 15.6. The number of hydrogen-bond acceptors (Lipinski definition) is 3. The van der Waals surface area contributed by atoms with E-state index in [1.54, 1.807) is 11.5 Å². The molecule has 7 heteroatoms. The molecule has 2 heterocycles. The number of benzene rings is 2. The lowest BCUT2D eigenvalue weighted by Gasteiger charge is -2.05. The monoisotopic (exact) mass is 375 g/mol. The van der Waals surface area contributed by atoms with Crippen molar-refractivity contribution < 1.29 is 4.79 Å². The van der Waals surface area contributed by atoms with Gasteiger partial charge < -0.3 is 10.3 Å². The van der Waals surface area contributed by atoms with Crippen molar-refractivity contribution in [3.8, 4) is 0 Å². The summed E-state index contributed by atoms with van der Waals surface area (Å²) in [5.41, 5.74) is 2.74. The van der Waals surface area contributed by atoms with Crippen molar-refractivity contribution in [2.75, 3.05) is 0 Å². The van der Waals surface area contributed by atoms with Crippen LogP contribution in [-0.2, 0) is 24.4 Å². The van der Waals surface area contributed by atoms with Gasteiger partial charge in [-0.15, -0.1) is 0 Å². The molecule has 0 unspecified atom stereocenters. The second-order valence-electron chi connectivity index (χ2n) is 6.74. The molecule has 0 aliphatic carbocycles. The molecular weight excluding hydrogens is 354 g/mol. The standard InChI is InChI=1S/C21H21N5O2/c1-15-24-26(21(28)25(15)13-16-5-3-2-4-6-16)14-20(27)23-12-17-7-8-18-9-10-22-19(18)11-17/h2-11,22H,12-14H2,1H3,(H,23,27). The van der Waals surface area contributed by atoms with E-state index in [1.165, 1.54) is 4.68 Å². The van der Waals surface area contributed by atoms with Gasteiger partial charge in [0.05, 0.1) is 6.54 Å². The Kier molecular flexibility index (Phi) is 4.80. The van der Waals surface area contributed by atoms with Crippen LogP contribution in [0, 0.1) is 6.92 Å². The molecule has 0 bridgehead atoms. The van der Waals surface area contributed by atoms with Crippen LogP contribution in [0.25, 0.3) is 10.9 Å². The maximum Gasteiger partial charge on any atom is 0.346 e. The molecule has 142 valence electrons. The Morgan fingerprint density at radius 3 is 2.75 bits per heavy atom. The third-order valence-electron chi connectivity index (χ3n) is 4.69. The van der Waals surface area contributed by atoms with Gasteiger partial charge in [-0.05, 0) is 35.6 Å². The molecule has 7 nitrogen and oxygen atoms in total. The predicted molar refractivity (Wildman–Crippen MR) is 107 cm³/mol. The third kappa shape index (κ3) is 3.73. The highest BCUT2D eigenvalue weighted by Gasteiger charge is 2.13. The van der Waals surface area contributed by atoms with Crippen LogP contribution >= 0.6 is 0 Å². The van der Waals surface area contributed by atoms with Gasteiger partial charge >= 0.3 is 5.69 Å². The van der Waals surface area contributed by atoms with Gasteiger partial charge in [0.1, 0.15) is 12.4 Å². The molecule has 2 aromatic heterocycles. The molecule has 0 atom stereocenters. The molecular formula is C21H21N5O2. The Morgan fingerprint density at radius 2 is 1.93 bits per heavy atom. The average molecular weight is 375 g/mol. The molecule has 4 rings (SSSR count). The fourth-order valence-electron chi connectivity index (χ4n) is 3.20. The van der Waals surface area contributed by atoms with Crippen LogP contribution in [0.1, 0.15) is 17.0 Å². The highest BCUT2D eigenvalue weighted by molar-refractivity contribution is 5.80. The number of aromatic nitrogens is 4. The van der Waals surface area contributed by atoms with Crippen LogP contribution in [-0.4, -0.2) is 25.2 Å². The molecule has 0 saturated carbocycles. The number of aryl methyl sites for hydroxylation is 1. The summed E-state index contributed by atoms with van der Waals surface area (Å²) in [6.07, 6.45) is 1.88. The van der Waals surface area contributed by atoms with Gasteiger partial charge in [-0.2, -0.15) is 5.10 Å². The van der Waals surface area contributed by atoms with E-state index in [-0.39, 0.29) is 18.1 Å². The van der Waals surface area contributed by atoms with E-state index < -0.39 is 0 Å². The number of carbonyl (C=O) groups is 1. The lowest BCUT2D eigenvalue weighted by molar-refractivity contribution is -0.122. The number of carbonyl (C=O) groups excluding carboxylic acids is 1. The molecule has 0 aliphatic heterocycles. The molecule has 2 N–H and O–H groups in total. The van der Waals surface area contributed by atoms with Crippen LogP contribution in [0.4, 0.5) is 0 Å². The molecule has 0 aliphatic rings. The number of hydrogen-bond donors (Lipinski definition) is 2. The summed E-state index contributed by atoms with van der Waals surface area (Å²) < 4.78 is 2.78. The van der Waals surface area contributed by atoms with E-state index in [4.69, 9.17) is 0 Å². The van der Waals surface area contributed by atoms with Crippen LogP contribution in [0.2, 0.25) is 0 Å². The van der Waals surface area contributed by atoms with Crippen molar-refractivity contribution in [1.29, 1.82) is 0 Å². The Bertz CT molecular complexity index is 1170. The minimum atomic E-state index is -0.288. The molecule has 0 saturated heterocycles. The first-order chi connectivity index (χ1) is 13.6. The van der Waals surface area contributed by atoms with Crippen LogP contribution in [0.3, 0.4) is 0 Å². The van der Waals surface area contributed by atoms with Crippen molar-refractivity contribution in [1.82, 2.24) is 24.6 Å². The van der Waals surface area contributed by atoms with E-state index in [0.717, 1.165) is 22.0 Å². The smallest absolute Gasteiger partial charge is 0.346 e. The van der Waals surface area contributed by atoms with Gasteiger partial charge in [0.15, 0.2) is 0 Å². The summed E-state index contributed by atoms with van der Waals surface area (Å²) >= 11 is 0. The molecule has 28 heavy (non-hydrogen) atoms. The summed E-state index contributed by atoms with van der Waals surface area (Å²) in [5, 5.41) is 8.21. The lowest BCUT2D eigenvalue weighted by atomic mass is 10.1. The number of fused-ring (bicyclic) bond motifs is 1. The molecule has 4 aromatic rings. The molecule has 0 spiro atoms. The van der Waals surface area contributed by atoms with Crippen molar-refractivity contribution in [3.63, 3.8) is 0 Å². The molecule has 0 radical (unpaired) electrons. The van der Waals surface area contributed by atoms with Crippen molar-refractivity contribution in [2.24, 2.45) is 0 Å². The first-order valence-corrected chi connectivity index (χ1v) is 9.11. The fraction of sp³-hybridized carbons (Fsp3) is 0.190. The minimum Gasteiger partial charge on any atom is -0.361 e. The number of amides is 1. The summed E-state index contributed by atoms with van der Waals surface area (Å²) in [5.74, 6) is 0.330. The van der Waals surface area contributed by atoms with Gasteiger partial charge in [0.2, 0.25) is 5.91 Å². The normalized spacial score (nSPS) is 11.0.